The number of hydrogen-bond donors (Lipinski definition) is 1. The first-order chi connectivity index (χ1) is 12.2. The molecule has 2 saturated heterocycles. The zero-order valence-electron chi connectivity index (χ0n) is 15.5. The Kier molecular flexibility index (Phi) is 7.23. The number of aliphatic hydroxyl groups excluding tert-OH is 1. The van der Waals surface area contributed by atoms with E-state index in [4.69, 9.17) is 4.74 Å². The molecule has 2 fully saturated rings. The maximum Gasteiger partial charge on any atom is 0.0793 e. The second kappa shape index (κ2) is 9.62. The summed E-state index contributed by atoms with van der Waals surface area (Å²) in [6, 6.07) is 4.08. The number of likely N-dealkylation sites (tertiary alicyclic amines) is 1. The summed E-state index contributed by atoms with van der Waals surface area (Å²) < 4.78 is 5.82. The Hall–Kier alpha value is -1.01. The van der Waals surface area contributed by atoms with Gasteiger partial charge in [0.25, 0.3) is 0 Å². The van der Waals surface area contributed by atoms with E-state index in [0.717, 1.165) is 58.1 Å². The summed E-state index contributed by atoms with van der Waals surface area (Å²) in [4.78, 5) is 8.97. The van der Waals surface area contributed by atoms with Gasteiger partial charge in [-0.3, -0.25) is 9.88 Å². The van der Waals surface area contributed by atoms with Crippen LogP contribution in [0.4, 0.5) is 0 Å². The molecule has 2 atom stereocenters. The van der Waals surface area contributed by atoms with Crippen molar-refractivity contribution in [2.24, 2.45) is 5.92 Å². The van der Waals surface area contributed by atoms with Crippen molar-refractivity contribution in [2.75, 3.05) is 39.3 Å². The average Bonchev–Trinajstić information content (AvgIpc) is 3.11. The number of nitrogens with zero attached hydrogens (tertiary/aromatic N) is 3. The SMILES string of the molecule is CC1CCN(CC(O)CN(Cc2cccnc2)CC2CCCO2)CC1. The molecule has 1 aromatic heterocycles. The molecule has 3 heterocycles. The summed E-state index contributed by atoms with van der Waals surface area (Å²) in [5, 5.41) is 10.6. The molecule has 0 amide bonds. The van der Waals surface area contributed by atoms with Crippen molar-refractivity contribution in [3.05, 3.63) is 30.1 Å². The molecule has 140 valence electrons. The summed E-state index contributed by atoms with van der Waals surface area (Å²) in [5.74, 6) is 0.829. The van der Waals surface area contributed by atoms with Crippen LogP contribution in [0, 0.1) is 5.92 Å². The molecular weight excluding hydrogens is 314 g/mol. The number of aromatic nitrogens is 1. The van der Waals surface area contributed by atoms with Crippen molar-refractivity contribution < 1.29 is 9.84 Å². The molecule has 0 aromatic carbocycles. The highest BCUT2D eigenvalue weighted by Crippen LogP contribution is 2.18. The Balaban J connectivity index is 1.52. The first-order valence-corrected chi connectivity index (χ1v) is 9.82. The number of piperidine rings is 1. The monoisotopic (exact) mass is 347 g/mol. The van der Waals surface area contributed by atoms with E-state index in [1.165, 1.54) is 18.4 Å². The summed E-state index contributed by atoms with van der Waals surface area (Å²) in [7, 11) is 0. The lowest BCUT2D eigenvalue weighted by Crippen LogP contribution is -2.44. The minimum Gasteiger partial charge on any atom is -0.390 e. The summed E-state index contributed by atoms with van der Waals surface area (Å²) in [6.45, 7) is 8.62. The smallest absolute Gasteiger partial charge is 0.0793 e. The third-order valence-corrected chi connectivity index (χ3v) is 5.43. The van der Waals surface area contributed by atoms with E-state index >= 15 is 0 Å². The van der Waals surface area contributed by atoms with Crippen molar-refractivity contribution in [2.45, 2.75) is 51.4 Å². The third kappa shape index (κ3) is 6.33. The van der Waals surface area contributed by atoms with Crippen LogP contribution in [0.1, 0.15) is 38.2 Å². The maximum absolute atomic E-state index is 10.6. The molecule has 2 unspecified atom stereocenters. The van der Waals surface area contributed by atoms with Gasteiger partial charge in [-0.1, -0.05) is 13.0 Å². The molecule has 0 bridgehead atoms. The average molecular weight is 348 g/mol. The van der Waals surface area contributed by atoms with E-state index in [2.05, 4.69) is 27.8 Å². The maximum atomic E-state index is 10.6. The number of aliphatic hydroxyl groups is 1. The predicted molar refractivity (Wildman–Crippen MR) is 99.3 cm³/mol. The fourth-order valence-corrected chi connectivity index (χ4v) is 3.93. The van der Waals surface area contributed by atoms with Gasteiger partial charge in [0.1, 0.15) is 0 Å². The van der Waals surface area contributed by atoms with Crippen LogP contribution in [0.3, 0.4) is 0 Å². The molecule has 25 heavy (non-hydrogen) atoms. The van der Waals surface area contributed by atoms with Crippen molar-refractivity contribution in [3.63, 3.8) is 0 Å². The highest BCUT2D eigenvalue weighted by Gasteiger charge is 2.23. The molecule has 2 aliphatic heterocycles. The lowest BCUT2D eigenvalue weighted by molar-refractivity contribution is 0.0299. The largest absolute Gasteiger partial charge is 0.390 e. The van der Waals surface area contributed by atoms with Gasteiger partial charge in [0, 0.05) is 45.2 Å². The molecule has 2 aliphatic rings. The zero-order chi connectivity index (χ0) is 17.5. The van der Waals surface area contributed by atoms with Gasteiger partial charge in [-0.05, 0) is 56.3 Å². The van der Waals surface area contributed by atoms with Crippen LogP contribution < -0.4 is 0 Å². The molecule has 1 N–H and O–H groups in total. The fourth-order valence-electron chi connectivity index (χ4n) is 3.93. The van der Waals surface area contributed by atoms with E-state index in [0.29, 0.717) is 12.6 Å². The number of β-amino-alcohol motifs (C(OH)–C–C–N with tert-alkyl or cyclic N) is 1. The van der Waals surface area contributed by atoms with Gasteiger partial charge in [0.15, 0.2) is 0 Å². The van der Waals surface area contributed by atoms with Gasteiger partial charge in [-0.15, -0.1) is 0 Å². The number of pyridine rings is 1. The second-order valence-electron chi connectivity index (χ2n) is 7.83. The van der Waals surface area contributed by atoms with E-state index in [1.54, 1.807) is 6.20 Å². The molecule has 0 aliphatic carbocycles. The molecule has 3 rings (SSSR count). The molecule has 5 nitrogen and oxygen atoms in total. The van der Waals surface area contributed by atoms with Crippen LogP contribution in [-0.2, 0) is 11.3 Å². The minimum absolute atomic E-state index is 0.305. The topological polar surface area (TPSA) is 48.8 Å². The Morgan fingerprint density at radius 2 is 2.20 bits per heavy atom. The lowest BCUT2D eigenvalue weighted by Gasteiger charge is -2.33. The van der Waals surface area contributed by atoms with Crippen molar-refractivity contribution in [1.29, 1.82) is 0 Å². The van der Waals surface area contributed by atoms with Crippen LogP contribution in [-0.4, -0.2) is 71.4 Å². The fraction of sp³-hybridized carbons (Fsp3) is 0.750. The van der Waals surface area contributed by atoms with E-state index < -0.39 is 0 Å². The first kappa shape index (κ1) is 18.8. The molecule has 1 aromatic rings. The number of ether oxygens (including phenoxy) is 1. The quantitative estimate of drug-likeness (QED) is 0.781. The Bertz CT molecular complexity index is 485. The van der Waals surface area contributed by atoms with Crippen LogP contribution >= 0.6 is 0 Å². The number of rotatable bonds is 8. The van der Waals surface area contributed by atoms with Crippen LogP contribution in [0.2, 0.25) is 0 Å². The van der Waals surface area contributed by atoms with Crippen LogP contribution in [0.25, 0.3) is 0 Å². The van der Waals surface area contributed by atoms with Crippen molar-refractivity contribution in [3.8, 4) is 0 Å². The molecule has 0 radical (unpaired) electrons. The van der Waals surface area contributed by atoms with Crippen molar-refractivity contribution >= 4 is 0 Å². The van der Waals surface area contributed by atoms with Gasteiger partial charge in [-0.2, -0.15) is 0 Å². The van der Waals surface area contributed by atoms with Crippen LogP contribution in [0.5, 0.6) is 0 Å². The van der Waals surface area contributed by atoms with E-state index in [1.807, 2.05) is 12.3 Å². The minimum atomic E-state index is -0.313. The normalized spacial score (nSPS) is 24.0. The van der Waals surface area contributed by atoms with E-state index in [-0.39, 0.29) is 6.10 Å². The Morgan fingerprint density at radius 3 is 2.88 bits per heavy atom. The third-order valence-electron chi connectivity index (χ3n) is 5.43. The van der Waals surface area contributed by atoms with Gasteiger partial charge < -0.3 is 14.7 Å². The molecule has 0 saturated carbocycles. The van der Waals surface area contributed by atoms with Gasteiger partial charge in [0.05, 0.1) is 12.2 Å². The molecule has 0 spiro atoms. The highest BCUT2D eigenvalue weighted by atomic mass is 16.5. The van der Waals surface area contributed by atoms with Gasteiger partial charge >= 0.3 is 0 Å². The zero-order valence-corrected chi connectivity index (χ0v) is 15.5. The predicted octanol–water partition coefficient (Wildman–Crippen LogP) is 2.16. The highest BCUT2D eigenvalue weighted by molar-refractivity contribution is 5.08. The summed E-state index contributed by atoms with van der Waals surface area (Å²) >= 11 is 0. The van der Waals surface area contributed by atoms with E-state index in [9.17, 15) is 5.11 Å². The Labute approximate surface area is 152 Å². The van der Waals surface area contributed by atoms with Gasteiger partial charge in [0.2, 0.25) is 0 Å². The standard InChI is InChI=1S/C20H33N3O2/c1-17-6-9-22(10-7-17)14-19(24)15-23(16-20-5-3-11-25-20)13-18-4-2-8-21-12-18/h2,4,8,12,17,19-20,24H,3,5-7,9-11,13-16H2,1H3. The summed E-state index contributed by atoms with van der Waals surface area (Å²) in [5.41, 5.74) is 1.19. The molecule has 5 heteroatoms. The lowest BCUT2D eigenvalue weighted by atomic mass is 9.99. The molecular formula is C20H33N3O2. The number of hydrogen-bond acceptors (Lipinski definition) is 5. The van der Waals surface area contributed by atoms with Crippen LogP contribution in [0.15, 0.2) is 24.5 Å². The second-order valence-corrected chi connectivity index (χ2v) is 7.83. The Morgan fingerprint density at radius 1 is 1.36 bits per heavy atom. The summed E-state index contributed by atoms with van der Waals surface area (Å²) in [6.07, 6.45) is 8.50. The first-order valence-electron chi connectivity index (χ1n) is 9.82. The van der Waals surface area contributed by atoms with Crippen molar-refractivity contribution in [1.82, 2.24) is 14.8 Å². The van der Waals surface area contributed by atoms with Gasteiger partial charge in [-0.25, -0.2) is 0 Å².